The number of para-hydroxylation sites is 1. The Labute approximate surface area is 150 Å². The van der Waals surface area contributed by atoms with Gasteiger partial charge >= 0.3 is 0 Å². The van der Waals surface area contributed by atoms with Crippen LogP contribution >= 0.6 is 15.9 Å². The maximum Gasteiger partial charge on any atom is 0.227 e. The molecule has 3 aromatic rings. The highest BCUT2D eigenvalue weighted by atomic mass is 79.9. The quantitative estimate of drug-likeness (QED) is 0.655. The van der Waals surface area contributed by atoms with Crippen molar-refractivity contribution in [2.75, 3.05) is 6.54 Å². The van der Waals surface area contributed by atoms with Gasteiger partial charge in [0.05, 0.1) is 6.42 Å². The lowest BCUT2D eigenvalue weighted by atomic mass is 10.0. The number of rotatable bonds is 2. The van der Waals surface area contributed by atoms with Crippen molar-refractivity contribution in [3.05, 3.63) is 69.8 Å². The predicted molar refractivity (Wildman–Crippen MR) is 99.9 cm³/mol. The van der Waals surface area contributed by atoms with Crippen LogP contribution in [-0.4, -0.2) is 21.9 Å². The number of carbonyl (C=O) groups excluding carboxylic acids is 1. The summed E-state index contributed by atoms with van der Waals surface area (Å²) in [5, 5.41) is 1.27. The summed E-state index contributed by atoms with van der Waals surface area (Å²) in [4.78, 5) is 14.8. The molecular formula is C20H19BrN2O. The van der Waals surface area contributed by atoms with E-state index in [4.69, 9.17) is 0 Å². The Bertz CT molecular complexity index is 929. The van der Waals surface area contributed by atoms with Gasteiger partial charge in [0.1, 0.15) is 0 Å². The van der Waals surface area contributed by atoms with Crippen LogP contribution in [0.5, 0.6) is 0 Å². The van der Waals surface area contributed by atoms with Crippen LogP contribution in [0.15, 0.2) is 53.0 Å². The number of benzene rings is 2. The molecule has 0 saturated carbocycles. The summed E-state index contributed by atoms with van der Waals surface area (Å²) in [5.41, 5.74) is 4.97. The first kappa shape index (κ1) is 15.5. The van der Waals surface area contributed by atoms with Crippen LogP contribution in [0.25, 0.3) is 10.9 Å². The third kappa shape index (κ3) is 2.55. The van der Waals surface area contributed by atoms with E-state index in [1.807, 2.05) is 29.2 Å². The fourth-order valence-electron chi connectivity index (χ4n) is 3.66. The van der Waals surface area contributed by atoms with E-state index in [-0.39, 0.29) is 5.91 Å². The molecule has 24 heavy (non-hydrogen) atoms. The van der Waals surface area contributed by atoms with Gasteiger partial charge in [0, 0.05) is 53.2 Å². The van der Waals surface area contributed by atoms with Gasteiger partial charge in [-0.1, -0.05) is 52.3 Å². The summed E-state index contributed by atoms with van der Waals surface area (Å²) in [5.74, 6) is 0.195. The Morgan fingerprint density at radius 1 is 1.12 bits per heavy atom. The number of carbonyl (C=O) groups is 1. The summed E-state index contributed by atoms with van der Waals surface area (Å²) >= 11 is 3.54. The largest absolute Gasteiger partial charge is 0.347 e. The Hall–Kier alpha value is -2.07. The number of aryl methyl sites for hydroxylation is 1. The molecule has 0 N–H and O–H groups in total. The van der Waals surface area contributed by atoms with Crippen molar-refractivity contribution in [2.45, 2.75) is 19.4 Å². The number of hydrogen-bond acceptors (Lipinski definition) is 1. The molecule has 0 bridgehead atoms. The molecule has 4 heteroatoms. The van der Waals surface area contributed by atoms with E-state index in [0.717, 1.165) is 23.0 Å². The Morgan fingerprint density at radius 3 is 2.71 bits per heavy atom. The molecule has 2 aromatic carbocycles. The predicted octanol–water partition coefficient (Wildman–Crippen LogP) is 4.07. The minimum atomic E-state index is 0.195. The van der Waals surface area contributed by atoms with Crippen molar-refractivity contribution in [1.29, 1.82) is 0 Å². The molecule has 0 spiro atoms. The van der Waals surface area contributed by atoms with Gasteiger partial charge in [-0.3, -0.25) is 4.79 Å². The fourth-order valence-corrected chi connectivity index (χ4v) is 4.08. The minimum Gasteiger partial charge on any atom is -0.347 e. The van der Waals surface area contributed by atoms with Crippen molar-refractivity contribution in [2.24, 2.45) is 7.05 Å². The number of amides is 1. The lowest BCUT2D eigenvalue weighted by Crippen LogP contribution is -2.37. The molecule has 0 aliphatic carbocycles. The Balaban J connectivity index is 1.61. The highest BCUT2D eigenvalue weighted by Gasteiger charge is 2.25. The van der Waals surface area contributed by atoms with Gasteiger partial charge in [-0.25, -0.2) is 0 Å². The molecule has 3 nitrogen and oxygen atoms in total. The van der Waals surface area contributed by atoms with Crippen LogP contribution in [0.2, 0.25) is 0 Å². The van der Waals surface area contributed by atoms with E-state index in [2.05, 4.69) is 51.8 Å². The number of aromatic nitrogens is 1. The number of nitrogens with zero attached hydrogens (tertiary/aromatic N) is 2. The van der Waals surface area contributed by atoms with Crippen LogP contribution in [0, 0.1) is 0 Å². The average Bonchev–Trinajstić information content (AvgIpc) is 2.90. The van der Waals surface area contributed by atoms with E-state index < -0.39 is 0 Å². The molecule has 1 aliphatic rings. The summed E-state index contributed by atoms with van der Waals surface area (Å²) < 4.78 is 3.28. The summed E-state index contributed by atoms with van der Waals surface area (Å²) in [6.07, 6.45) is 1.36. The molecule has 2 heterocycles. The monoisotopic (exact) mass is 382 g/mol. The molecule has 1 aliphatic heterocycles. The lowest BCUT2D eigenvalue weighted by molar-refractivity contribution is -0.131. The Kier molecular flexibility index (Phi) is 3.93. The highest BCUT2D eigenvalue weighted by Crippen LogP contribution is 2.30. The van der Waals surface area contributed by atoms with E-state index in [0.29, 0.717) is 13.0 Å². The molecule has 0 atom stereocenters. The zero-order chi connectivity index (χ0) is 16.7. The maximum absolute atomic E-state index is 12.8. The van der Waals surface area contributed by atoms with E-state index in [9.17, 15) is 4.79 Å². The van der Waals surface area contributed by atoms with Crippen molar-refractivity contribution in [3.8, 4) is 0 Å². The van der Waals surface area contributed by atoms with Gasteiger partial charge < -0.3 is 9.47 Å². The van der Waals surface area contributed by atoms with Gasteiger partial charge in [0.25, 0.3) is 0 Å². The molecule has 0 saturated heterocycles. The second kappa shape index (κ2) is 6.10. The maximum atomic E-state index is 12.8. The van der Waals surface area contributed by atoms with Crippen molar-refractivity contribution >= 4 is 32.7 Å². The summed E-state index contributed by atoms with van der Waals surface area (Å²) in [6.45, 7) is 1.50. The summed E-state index contributed by atoms with van der Waals surface area (Å²) in [7, 11) is 2.12. The second-order valence-corrected chi connectivity index (χ2v) is 7.19. The molecule has 122 valence electrons. The van der Waals surface area contributed by atoms with Gasteiger partial charge in [0.15, 0.2) is 0 Å². The van der Waals surface area contributed by atoms with Crippen LogP contribution in [0.3, 0.4) is 0 Å². The first-order valence-electron chi connectivity index (χ1n) is 8.21. The number of fused-ring (bicyclic) bond motifs is 3. The van der Waals surface area contributed by atoms with Gasteiger partial charge in [-0.2, -0.15) is 0 Å². The average molecular weight is 383 g/mol. The number of halogens is 1. The van der Waals surface area contributed by atoms with Crippen LogP contribution in [0.1, 0.15) is 16.8 Å². The van der Waals surface area contributed by atoms with Crippen LogP contribution in [-0.2, 0) is 31.2 Å². The first-order valence-corrected chi connectivity index (χ1v) is 9.01. The third-order valence-corrected chi connectivity index (χ3v) is 5.74. The van der Waals surface area contributed by atoms with Crippen molar-refractivity contribution in [3.63, 3.8) is 0 Å². The highest BCUT2D eigenvalue weighted by molar-refractivity contribution is 9.10. The van der Waals surface area contributed by atoms with Gasteiger partial charge in [0.2, 0.25) is 5.91 Å². The van der Waals surface area contributed by atoms with Crippen molar-refractivity contribution in [1.82, 2.24) is 9.47 Å². The zero-order valence-electron chi connectivity index (χ0n) is 13.6. The molecule has 4 rings (SSSR count). The molecule has 0 unspecified atom stereocenters. The van der Waals surface area contributed by atoms with E-state index in [1.54, 1.807) is 0 Å². The second-order valence-electron chi connectivity index (χ2n) is 6.33. The smallest absolute Gasteiger partial charge is 0.227 e. The normalized spacial score (nSPS) is 14.0. The zero-order valence-corrected chi connectivity index (χ0v) is 15.2. The van der Waals surface area contributed by atoms with Gasteiger partial charge in [-0.05, 0) is 17.7 Å². The first-order chi connectivity index (χ1) is 11.6. The molecule has 1 aromatic heterocycles. The lowest BCUT2D eigenvalue weighted by Gasteiger charge is -2.28. The van der Waals surface area contributed by atoms with E-state index >= 15 is 0 Å². The van der Waals surface area contributed by atoms with Crippen LogP contribution in [0.4, 0.5) is 0 Å². The molecule has 0 fully saturated rings. The third-order valence-electron chi connectivity index (χ3n) is 4.96. The Morgan fingerprint density at radius 2 is 1.88 bits per heavy atom. The molecular weight excluding hydrogens is 364 g/mol. The topological polar surface area (TPSA) is 25.2 Å². The minimum absolute atomic E-state index is 0.195. The standard InChI is InChI=1S/C20H19BrN2O/c1-22-18-9-5-3-7-15(18)16-13-23(11-10-19(16)22)20(24)12-14-6-2-4-8-17(14)21/h2-9H,10-13H2,1H3. The summed E-state index contributed by atoms with van der Waals surface area (Å²) in [6, 6.07) is 16.4. The number of hydrogen-bond donors (Lipinski definition) is 0. The SMILES string of the molecule is Cn1c2c(c3ccccc31)CN(C(=O)Cc1ccccc1Br)CC2. The molecule has 1 amide bonds. The van der Waals surface area contributed by atoms with Gasteiger partial charge in [-0.15, -0.1) is 0 Å². The fraction of sp³-hybridized carbons (Fsp3) is 0.250. The van der Waals surface area contributed by atoms with Crippen molar-refractivity contribution < 1.29 is 4.79 Å². The molecule has 0 radical (unpaired) electrons. The van der Waals surface area contributed by atoms with Crippen LogP contribution < -0.4 is 0 Å². The van der Waals surface area contributed by atoms with E-state index in [1.165, 1.54) is 22.2 Å².